The topological polar surface area (TPSA) is 280 Å². The molecule has 0 bridgehead atoms. The Morgan fingerprint density at radius 3 is 1.34 bits per heavy atom. The summed E-state index contributed by atoms with van der Waals surface area (Å²) in [4.78, 5) is 46.5. The fourth-order valence-corrected chi connectivity index (χ4v) is 6.95. The van der Waals surface area contributed by atoms with Crippen LogP contribution >= 0.6 is 114 Å². The summed E-state index contributed by atoms with van der Waals surface area (Å²) in [7, 11) is 1.00. The van der Waals surface area contributed by atoms with Gasteiger partial charge in [0, 0.05) is 73.4 Å². The molecule has 6 heterocycles. The van der Waals surface area contributed by atoms with E-state index >= 15 is 0 Å². The maximum absolute atomic E-state index is 11.3. The van der Waals surface area contributed by atoms with Crippen LogP contribution in [-0.2, 0) is 17.7 Å². The third-order valence-corrected chi connectivity index (χ3v) is 10.1. The normalized spacial score (nSPS) is 9.27. The quantitative estimate of drug-likeness (QED) is 0.0150. The minimum absolute atomic E-state index is 0. The fraction of sp³-hybridized carbons (Fsp3) is 0.523. The third kappa shape index (κ3) is 40.8. The first-order valence-corrected chi connectivity index (χ1v) is 32.4. The molecule has 0 saturated carbocycles. The van der Waals surface area contributed by atoms with Gasteiger partial charge in [-0.05, 0) is 154 Å². The Hall–Kier alpha value is -1.33. The van der Waals surface area contributed by atoms with Gasteiger partial charge in [-0.15, -0.1) is 23.2 Å². The smallest absolute Gasteiger partial charge is 1.00 e. The van der Waals surface area contributed by atoms with E-state index in [1.165, 1.54) is 43.5 Å². The van der Waals surface area contributed by atoms with Gasteiger partial charge in [0.25, 0.3) is 11.1 Å². The first-order chi connectivity index (χ1) is 33.9. The number of thioether (sulfide) groups is 1. The Morgan fingerprint density at radius 1 is 0.716 bits per heavy atom. The monoisotopic (exact) mass is 1400 g/mol. The van der Waals surface area contributed by atoms with Gasteiger partial charge >= 0.3 is 29.6 Å². The second kappa shape index (κ2) is 52.4. The van der Waals surface area contributed by atoms with Crippen molar-refractivity contribution in [3.05, 3.63) is 117 Å². The number of aromatic nitrogens is 8. The number of aryl methyl sites for hydroxylation is 10. The van der Waals surface area contributed by atoms with Crippen molar-refractivity contribution in [2.45, 2.75) is 120 Å². The molecule has 0 fully saturated rings. The van der Waals surface area contributed by atoms with E-state index in [2.05, 4.69) is 141 Å². The molecule has 0 spiro atoms. The molecule has 3 radical (unpaired) electrons. The van der Waals surface area contributed by atoms with Crippen molar-refractivity contribution < 1.29 is 69.2 Å². The summed E-state index contributed by atoms with van der Waals surface area (Å²) in [5, 5.41) is 39.8. The van der Waals surface area contributed by atoms with Gasteiger partial charge in [-0.25, -0.2) is 4.98 Å². The molecule has 6 N–H and O–H groups in total. The van der Waals surface area contributed by atoms with E-state index in [9.17, 15) is 14.4 Å². The van der Waals surface area contributed by atoms with Crippen LogP contribution in [0.3, 0.4) is 0 Å². The molecular formula is C44H71BBr4Cl2N9NaO10PS2. The summed E-state index contributed by atoms with van der Waals surface area (Å²) in [6.07, 6.45) is 0.751. The van der Waals surface area contributed by atoms with Crippen molar-refractivity contribution in [3.8, 4) is 0 Å². The van der Waals surface area contributed by atoms with Gasteiger partial charge in [0.15, 0.2) is 16.2 Å². The summed E-state index contributed by atoms with van der Waals surface area (Å²) >= 11 is 28.5. The van der Waals surface area contributed by atoms with Crippen molar-refractivity contribution in [1.29, 1.82) is 0 Å². The molecule has 415 valence electrons. The number of carbonyl (C=O) groups is 1. The van der Waals surface area contributed by atoms with Gasteiger partial charge in [-0.1, -0.05) is 69.1 Å². The molecule has 6 rings (SSSR count). The largest absolute Gasteiger partial charge is 1.00 e. The third-order valence-electron chi connectivity index (χ3n) is 8.48. The number of aliphatic hydroxyl groups excluding tert-OH is 3. The Balaban J connectivity index is -0.000000144. The van der Waals surface area contributed by atoms with Crippen LogP contribution < -0.4 is 40.7 Å². The molecule has 6 aromatic heterocycles. The van der Waals surface area contributed by atoms with E-state index in [-0.39, 0.29) is 73.1 Å². The van der Waals surface area contributed by atoms with Gasteiger partial charge in [0.2, 0.25) is 0 Å². The van der Waals surface area contributed by atoms with Gasteiger partial charge < -0.3 is 49.7 Å². The van der Waals surface area contributed by atoms with Crippen LogP contribution in [0.25, 0.3) is 0 Å². The molecule has 0 aliphatic heterocycles. The first kappa shape index (κ1) is 84.0. The van der Waals surface area contributed by atoms with Crippen molar-refractivity contribution >= 4 is 128 Å². The summed E-state index contributed by atoms with van der Waals surface area (Å²) in [5.41, 5.74) is 8.08. The Bertz CT molecular complexity index is 2340. The number of rotatable bonds is 9. The number of aliphatic hydroxyl groups is 3. The average Bonchev–Trinajstić information content (AvgIpc) is 4.04. The first-order valence-electron chi connectivity index (χ1n) is 21.4. The summed E-state index contributed by atoms with van der Waals surface area (Å²) in [5.74, 6) is 3.69. The van der Waals surface area contributed by atoms with Crippen LogP contribution in [0.5, 0.6) is 0 Å². The summed E-state index contributed by atoms with van der Waals surface area (Å²) in [6.45, 7) is 30.3. The van der Waals surface area contributed by atoms with Crippen LogP contribution in [0.15, 0.2) is 45.0 Å². The van der Waals surface area contributed by atoms with E-state index in [0.717, 1.165) is 75.4 Å². The maximum atomic E-state index is 11.3. The zero-order valence-corrected chi connectivity index (χ0v) is 57.3. The average molecular weight is 1410 g/mol. The molecule has 0 aliphatic carbocycles. The number of carbonyl (C=O) groups excluding carboxylic acids is 1. The van der Waals surface area contributed by atoms with Crippen molar-refractivity contribution in [1.82, 2.24) is 45.5 Å². The zero-order valence-electron chi connectivity index (χ0n) is 45.9. The van der Waals surface area contributed by atoms with Crippen molar-refractivity contribution in [3.63, 3.8) is 0 Å². The van der Waals surface area contributed by atoms with E-state index in [1.807, 2.05) is 34.6 Å². The molecule has 74 heavy (non-hydrogen) atoms. The van der Waals surface area contributed by atoms with Gasteiger partial charge in [-0.3, -0.25) is 19.4 Å². The number of aromatic amines is 3. The fourth-order valence-electron chi connectivity index (χ4n) is 4.81. The SMILES string of the molecule is BrP(Br)Br.CCN(CC)CC.CCO.CO.Cc1cc(=O)[nH]c(=S)[nH]1.Cc1cc(=O)[nH]c(SCc2c(C)noc2C)n1.Cc1noc(C)c1C=O.Cc1noc(C)c1CBr.Cc1noc(C)c1CO.ClCCl.[B].[H-].[Na+]. The molecule has 0 saturated heterocycles. The number of halogens is 6. The molecule has 30 heteroatoms. The zero-order chi connectivity index (χ0) is 56.5. The molecule has 0 amide bonds. The molecule has 6 aromatic rings. The number of nitrogens with one attached hydrogen (secondary N) is 3. The number of hydrogen-bond donors (Lipinski definition) is 6. The van der Waals surface area contributed by atoms with E-state index in [4.69, 9.17) is 56.6 Å². The van der Waals surface area contributed by atoms with Crippen molar-refractivity contribution in [2.24, 2.45) is 0 Å². The van der Waals surface area contributed by atoms with Crippen molar-refractivity contribution in [2.75, 3.05) is 38.7 Å². The van der Waals surface area contributed by atoms with E-state index in [0.29, 0.717) is 38.5 Å². The molecule has 0 unspecified atom stereocenters. The van der Waals surface area contributed by atoms with Crippen LogP contribution in [0, 0.1) is 74.0 Å². The minimum atomic E-state index is -0.183. The predicted molar refractivity (Wildman–Crippen MR) is 315 cm³/mol. The Labute approximate surface area is 513 Å². The van der Waals surface area contributed by atoms with E-state index < -0.39 is 0 Å². The molecule has 0 atom stereocenters. The number of hydrogen-bond acceptors (Lipinski definition) is 18. The predicted octanol–water partition coefficient (Wildman–Crippen LogP) is 9.30. The Kier molecular flexibility index (Phi) is 59.4. The van der Waals surface area contributed by atoms with Gasteiger partial charge in [0.1, 0.15) is 27.1 Å². The molecule has 19 nitrogen and oxygen atoms in total. The van der Waals surface area contributed by atoms with Crippen LogP contribution in [0.4, 0.5) is 0 Å². The van der Waals surface area contributed by atoms with Gasteiger partial charge in [0.05, 0.1) is 40.3 Å². The van der Waals surface area contributed by atoms with Crippen LogP contribution in [0.1, 0.15) is 113 Å². The number of H-pyrrole nitrogens is 3. The Morgan fingerprint density at radius 2 is 1.09 bits per heavy atom. The molecule has 0 aliphatic rings. The minimum Gasteiger partial charge on any atom is -1.00 e. The van der Waals surface area contributed by atoms with Crippen LogP contribution in [0.2, 0.25) is 0 Å². The summed E-state index contributed by atoms with van der Waals surface area (Å²) < 4.78 is 19.7. The number of aldehydes is 1. The second-order valence-corrected chi connectivity index (χ2v) is 31.6. The van der Waals surface area contributed by atoms with E-state index in [1.54, 1.807) is 41.5 Å². The maximum Gasteiger partial charge on any atom is 1.00 e. The number of alkyl halides is 3. The standard InChI is InChI=1S/C11H13N3O2S.C6H8BrNO.C6H9NO2.C6H7NO2.C6H15N.C5H6N2OS.C2H6O.CH2Cl2.CH4O.B.Br3P.Na.H/c1-6-4-10(15)13-11(12-6)17-5-9-7(2)14-16-8(9)3;1-4-6(3-7)5(2)9-8-4;2*1-4-6(3-8)5(2)9-7-4;1-4-7(5-2)6-3;1-3-2-4(8)7-5(9)6-3;1-2-3;2-1-3;1-2;;1-4(2)3;;/h4H,5H2,1-3H3,(H,12,13,15);3H2,1-2H3;8H,3H2,1-2H3;3H,1-2H3;4-6H2,1-3H3;2H,1H3,(H2,6,7,8,9);3H,2H2,1H3;1H2;2H,1H3;;;;/q;;;;;;;;;;;+1;-1. The van der Waals surface area contributed by atoms with Crippen LogP contribution in [-0.4, -0.2) is 114 Å². The number of nitrogens with zero attached hydrogens (tertiary/aromatic N) is 6. The molecular weight excluding hydrogens is 1330 g/mol. The van der Waals surface area contributed by atoms with Gasteiger partial charge in [-0.2, -0.15) is 0 Å². The summed E-state index contributed by atoms with van der Waals surface area (Å²) in [6, 6.07) is 2.93. The second-order valence-electron chi connectivity index (χ2n) is 13.5. The molecule has 0 aromatic carbocycles.